The number of nitrogens with one attached hydrogen (secondary N) is 1. The molecule has 1 unspecified atom stereocenters. The first kappa shape index (κ1) is 16.1. The number of halogens is 2. The van der Waals surface area contributed by atoms with Crippen molar-refractivity contribution in [1.29, 1.82) is 5.26 Å². The first-order valence-corrected chi connectivity index (χ1v) is 7.75. The van der Waals surface area contributed by atoms with Crippen molar-refractivity contribution >= 4 is 39.7 Å². The Morgan fingerprint density at radius 1 is 1.38 bits per heavy atom. The summed E-state index contributed by atoms with van der Waals surface area (Å²) in [5.41, 5.74) is 1.43. The monoisotopic (exact) mass is 341 g/mol. The van der Waals surface area contributed by atoms with Gasteiger partial charge in [0.05, 0.1) is 6.04 Å². The highest BCUT2D eigenvalue weighted by Gasteiger charge is 2.17. The van der Waals surface area contributed by atoms with Gasteiger partial charge in [0.2, 0.25) is 0 Å². The second kappa shape index (κ2) is 7.62. The molecular weight excluding hydrogens is 329 g/mol. The fourth-order valence-corrected chi connectivity index (χ4v) is 2.99. The summed E-state index contributed by atoms with van der Waals surface area (Å²) in [7, 11) is 1.66. The molecule has 2 aromatic rings. The van der Waals surface area contributed by atoms with E-state index in [0.29, 0.717) is 22.2 Å². The van der Waals surface area contributed by atoms with E-state index in [2.05, 4.69) is 15.8 Å². The molecule has 0 fully saturated rings. The minimum atomic E-state index is -0.00849. The molecule has 0 amide bonds. The van der Waals surface area contributed by atoms with Gasteiger partial charge in [-0.05, 0) is 35.6 Å². The summed E-state index contributed by atoms with van der Waals surface area (Å²) in [6.07, 6.45) is 0.749. The van der Waals surface area contributed by atoms with Crippen molar-refractivity contribution in [1.82, 2.24) is 4.37 Å². The number of hydrogen-bond acceptors (Lipinski definition) is 5. The minimum Gasteiger partial charge on any atom is -0.385 e. The summed E-state index contributed by atoms with van der Waals surface area (Å²) in [5, 5.41) is 14.0. The zero-order valence-corrected chi connectivity index (χ0v) is 13.6. The largest absolute Gasteiger partial charge is 0.385 e. The maximum Gasteiger partial charge on any atom is 0.162 e. The van der Waals surface area contributed by atoms with E-state index < -0.39 is 0 Å². The molecular formula is C14H13Cl2N3OS. The van der Waals surface area contributed by atoms with Gasteiger partial charge in [-0.3, -0.25) is 0 Å². The van der Waals surface area contributed by atoms with Crippen molar-refractivity contribution in [3.8, 4) is 6.07 Å². The molecule has 0 spiro atoms. The van der Waals surface area contributed by atoms with E-state index >= 15 is 0 Å². The number of anilines is 1. The van der Waals surface area contributed by atoms with Gasteiger partial charge in [-0.25, -0.2) is 0 Å². The fourth-order valence-electron chi connectivity index (χ4n) is 1.88. The van der Waals surface area contributed by atoms with Crippen molar-refractivity contribution in [2.45, 2.75) is 12.5 Å². The smallest absolute Gasteiger partial charge is 0.162 e. The summed E-state index contributed by atoms with van der Waals surface area (Å²) in [6.45, 7) is 0.592. The molecule has 0 aliphatic carbocycles. The zero-order chi connectivity index (χ0) is 15.2. The van der Waals surface area contributed by atoms with Gasteiger partial charge in [0, 0.05) is 18.7 Å². The van der Waals surface area contributed by atoms with Crippen molar-refractivity contribution in [2.75, 3.05) is 19.0 Å². The van der Waals surface area contributed by atoms with Crippen LogP contribution in [-0.2, 0) is 4.74 Å². The molecule has 0 radical (unpaired) electrons. The lowest BCUT2D eigenvalue weighted by molar-refractivity contribution is 0.190. The van der Waals surface area contributed by atoms with Gasteiger partial charge in [-0.1, -0.05) is 35.3 Å². The van der Waals surface area contributed by atoms with Crippen molar-refractivity contribution < 1.29 is 4.74 Å². The highest BCUT2D eigenvalue weighted by Crippen LogP contribution is 2.32. The topological polar surface area (TPSA) is 57.9 Å². The third kappa shape index (κ3) is 4.08. The number of ether oxygens (including phenoxy) is 1. The van der Waals surface area contributed by atoms with E-state index in [-0.39, 0.29) is 11.2 Å². The predicted octanol–water partition coefficient (Wildman–Crippen LogP) is 4.51. The zero-order valence-electron chi connectivity index (χ0n) is 11.3. The minimum absolute atomic E-state index is 0.00849. The van der Waals surface area contributed by atoms with Crippen LogP contribution in [0.3, 0.4) is 0 Å². The van der Waals surface area contributed by atoms with Gasteiger partial charge in [-0.2, -0.15) is 9.64 Å². The van der Waals surface area contributed by atoms with Crippen LogP contribution in [0.15, 0.2) is 24.3 Å². The number of nitriles is 1. The van der Waals surface area contributed by atoms with Gasteiger partial charge < -0.3 is 10.1 Å². The molecule has 1 heterocycles. The van der Waals surface area contributed by atoms with Crippen LogP contribution in [0.5, 0.6) is 0 Å². The summed E-state index contributed by atoms with van der Waals surface area (Å²) >= 11 is 13.0. The van der Waals surface area contributed by atoms with Crippen molar-refractivity contribution in [2.24, 2.45) is 0 Å². The van der Waals surface area contributed by atoms with E-state index in [1.54, 1.807) is 7.11 Å². The maximum absolute atomic E-state index is 9.13. The van der Waals surface area contributed by atoms with E-state index in [0.717, 1.165) is 12.0 Å². The number of hydrogen-bond donors (Lipinski definition) is 1. The van der Waals surface area contributed by atoms with Crippen LogP contribution in [-0.4, -0.2) is 18.1 Å². The van der Waals surface area contributed by atoms with Crippen LogP contribution in [0.4, 0.5) is 5.00 Å². The molecule has 0 aliphatic heterocycles. The molecule has 110 valence electrons. The number of benzene rings is 1. The molecule has 1 N–H and O–H groups in total. The third-order valence-electron chi connectivity index (χ3n) is 2.95. The molecule has 2 rings (SSSR count). The molecule has 0 aliphatic rings. The van der Waals surface area contributed by atoms with Crippen LogP contribution in [0.25, 0.3) is 0 Å². The van der Waals surface area contributed by atoms with Crippen LogP contribution >= 0.6 is 34.7 Å². The van der Waals surface area contributed by atoms with Crippen LogP contribution < -0.4 is 5.32 Å². The Kier molecular flexibility index (Phi) is 5.83. The molecule has 1 aromatic heterocycles. The van der Waals surface area contributed by atoms with E-state index in [4.69, 9.17) is 33.2 Å². The maximum atomic E-state index is 9.13. The van der Waals surface area contributed by atoms with Gasteiger partial charge in [0.25, 0.3) is 0 Å². The Morgan fingerprint density at radius 2 is 2.10 bits per heavy atom. The summed E-state index contributed by atoms with van der Waals surface area (Å²) < 4.78 is 9.15. The van der Waals surface area contributed by atoms with Crippen LogP contribution in [0, 0.1) is 11.3 Å². The average Bonchev–Trinajstić information content (AvgIpc) is 2.84. The Hall–Kier alpha value is -1.32. The highest BCUT2D eigenvalue weighted by atomic mass is 35.5. The lowest BCUT2D eigenvalue weighted by atomic mass is 10.0. The lowest BCUT2D eigenvalue weighted by Crippen LogP contribution is -2.13. The molecule has 4 nitrogen and oxygen atoms in total. The SMILES string of the molecule is COCCC(Nc1snc(Cl)c1C#N)c1ccc(Cl)cc1. The second-order valence-electron chi connectivity index (χ2n) is 4.32. The number of methoxy groups -OCH3 is 1. The van der Waals surface area contributed by atoms with Crippen LogP contribution in [0.2, 0.25) is 10.2 Å². The molecule has 1 aromatic carbocycles. The molecule has 1 atom stereocenters. The van der Waals surface area contributed by atoms with Gasteiger partial charge in [0.1, 0.15) is 16.6 Å². The molecule has 0 bridgehead atoms. The van der Waals surface area contributed by atoms with E-state index in [9.17, 15) is 0 Å². The second-order valence-corrected chi connectivity index (χ2v) is 5.89. The van der Waals surface area contributed by atoms with Crippen molar-refractivity contribution in [3.05, 3.63) is 45.6 Å². The van der Waals surface area contributed by atoms with E-state index in [1.165, 1.54) is 11.5 Å². The Balaban J connectivity index is 2.24. The van der Waals surface area contributed by atoms with Gasteiger partial charge in [0.15, 0.2) is 5.15 Å². The first-order chi connectivity index (χ1) is 10.2. The molecule has 21 heavy (non-hydrogen) atoms. The summed E-state index contributed by atoms with van der Waals surface area (Å²) in [5.74, 6) is 0. The standard InChI is InChI=1S/C14H13Cl2N3OS/c1-20-7-6-12(9-2-4-10(15)5-3-9)18-14-11(8-17)13(16)19-21-14/h2-5,12,18H,6-7H2,1H3. The summed E-state index contributed by atoms with van der Waals surface area (Å²) in [4.78, 5) is 0. The molecule has 7 heteroatoms. The number of aromatic nitrogens is 1. The lowest BCUT2D eigenvalue weighted by Gasteiger charge is -2.19. The number of nitrogens with zero attached hydrogens (tertiary/aromatic N) is 2. The predicted molar refractivity (Wildman–Crippen MR) is 86.1 cm³/mol. The summed E-state index contributed by atoms with van der Waals surface area (Å²) in [6, 6.07) is 9.63. The molecule has 0 saturated carbocycles. The van der Waals surface area contributed by atoms with Crippen molar-refractivity contribution in [3.63, 3.8) is 0 Å². The average molecular weight is 342 g/mol. The fraction of sp³-hybridized carbons (Fsp3) is 0.286. The van der Waals surface area contributed by atoms with Gasteiger partial charge >= 0.3 is 0 Å². The Bertz CT molecular complexity index is 637. The first-order valence-electron chi connectivity index (χ1n) is 6.22. The number of rotatable bonds is 6. The highest BCUT2D eigenvalue weighted by molar-refractivity contribution is 7.10. The van der Waals surface area contributed by atoms with Gasteiger partial charge in [-0.15, -0.1) is 0 Å². The quantitative estimate of drug-likeness (QED) is 0.839. The van der Waals surface area contributed by atoms with E-state index in [1.807, 2.05) is 24.3 Å². The molecule has 0 saturated heterocycles. The normalized spacial score (nSPS) is 11.9. The third-order valence-corrected chi connectivity index (χ3v) is 4.35. The Labute approximate surface area is 137 Å². The Morgan fingerprint density at radius 3 is 2.71 bits per heavy atom. The van der Waals surface area contributed by atoms with Crippen LogP contribution in [0.1, 0.15) is 23.6 Å².